The molecule has 0 aliphatic heterocycles. The van der Waals surface area contributed by atoms with E-state index in [1.54, 1.807) is 0 Å². The van der Waals surface area contributed by atoms with Gasteiger partial charge in [0.25, 0.3) is 0 Å². The number of benzene rings is 1. The first kappa shape index (κ1) is 12.7. The molecule has 16 heavy (non-hydrogen) atoms. The van der Waals surface area contributed by atoms with E-state index in [0.29, 0.717) is 15.5 Å². The highest BCUT2D eigenvalue weighted by Crippen LogP contribution is 2.42. The van der Waals surface area contributed by atoms with Gasteiger partial charge in [-0.2, -0.15) is 0 Å². The fraction of sp³-hybridized carbons (Fsp3) is 0.538. The summed E-state index contributed by atoms with van der Waals surface area (Å²) in [5.41, 5.74) is 1.74. The van der Waals surface area contributed by atoms with Crippen LogP contribution in [0.25, 0.3) is 0 Å². The summed E-state index contributed by atoms with van der Waals surface area (Å²) in [5.74, 6) is 0. The molecule has 1 aromatic rings. The molecule has 0 saturated heterocycles. The Morgan fingerprint density at radius 1 is 1.12 bits per heavy atom. The molecule has 0 heterocycles. The lowest BCUT2D eigenvalue weighted by atomic mass is 9.82. The maximum Gasteiger partial charge on any atom is 0.0595 e. The number of rotatable bonds is 3. The quantitative estimate of drug-likeness (QED) is 0.646. The summed E-state index contributed by atoms with van der Waals surface area (Å²) in [6.07, 6.45) is 6.45. The van der Waals surface area contributed by atoms with E-state index >= 15 is 0 Å². The number of alkyl halides is 1. The molecule has 0 atom stereocenters. The van der Waals surface area contributed by atoms with Crippen LogP contribution in [-0.4, -0.2) is 5.33 Å². The number of hydrogen-bond acceptors (Lipinski definition) is 0. The van der Waals surface area contributed by atoms with Gasteiger partial charge < -0.3 is 0 Å². The van der Waals surface area contributed by atoms with Gasteiger partial charge in [-0.1, -0.05) is 58.0 Å². The lowest BCUT2D eigenvalue weighted by molar-refractivity contribution is 0.346. The second kappa shape index (κ2) is 5.29. The molecule has 0 aromatic heterocycles. The standard InChI is InChI=1S/C13H15BrCl2/c14-9-13(5-1-2-6-13)8-10-3-4-11(15)12(16)7-10/h3-4,7H,1-2,5-6,8-9H2. The van der Waals surface area contributed by atoms with Crippen LogP contribution in [0, 0.1) is 5.41 Å². The SMILES string of the molecule is Clc1ccc(CC2(CBr)CCCC2)cc1Cl. The van der Waals surface area contributed by atoms with Gasteiger partial charge in [-0.3, -0.25) is 0 Å². The Morgan fingerprint density at radius 2 is 1.81 bits per heavy atom. The predicted octanol–water partition coefficient (Wildman–Crippen LogP) is 5.49. The molecule has 1 saturated carbocycles. The van der Waals surface area contributed by atoms with Crippen molar-refractivity contribution in [2.24, 2.45) is 5.41 Å². The van der Waals surface area contributed by atoms with Gasteiger partial charge in [0.05, 0.1) is 10.0 Å². The van der Waals surface area contributed by atoms with E-state index in [0.717, 1.165) is 11.8 Å². The summed E-state index contributed by atoms with van der Waals surface area (Å²) in [6, 6.07) is 6.00. The average Bonchev–Trinajstić information content (AvgIpc) is 2.73. The highest BCUT2D eigenvalue weighted by molar-refractivity contribution is 9.09. The van der Waals surface area contributed by atoms with Crippen LogP contribution in [0.4, 0.5) is 0 Å². The molecule has 1 aromatic carbocycles. The molecular formula is C13H15BrCl2. The monoisotopic (exact) mass is 320 g/mol. The van der Waals surface area contributed by atoms with E-state index in [1.807, 2.05) is 12.1 Å². The molecule has 0 nitrogen and oxygen atoms in total. The van der Waals surface area contributed by atoms with Crippen molar-refractivity contribution >= 4 is 39.1 Å². The van der Waals surface area contributed by atoms with Crippen molar-refractivity contribution in [1.82, 2.24) is 0 Å². The second-order valence-electron chi connectivity index (χ2n) is 4.77. The first-order valence-electron chi connectivity index (χ1n) is 5.65. The van der Waals surface area contributed by atoms with Crippen molar-refractivity contribution in [3.8, 4) is 0 Å². The van der Waals surface area contributed by atoms with Crippen molar-refractivity contribution in [2.45, 2.75) is 32.1 Å². The third-order valence-corrected chi connectivity index (χ3v) is 5.44. The predicted molar refractivity (Wildman–Crippen MR) is 74.9 cm³/mol. The minimum atomic E-state index is 0.442. The number of hydrogen-bond donors (Lipinski definition) is 0. The van der Waals surface area contributed by atoms with Crippen LogP contribution in [0.15, 0.2) is 18.2 Å². The van der Waals surface area contributed by atoms with Crippen molar-refractivity contribution in [3.05, 3.63) is 33.8 Å². The van der Waals surface area contributed by atoms with Crippen molar-refractivity contribution in [1.29, 1.82) is 0 Å². The van der Waals surface area contributed by atoms with Crippen LogP contribution in [-0.2, 0) is 6.42 Å². The summed E-state index contributed by atoms with van der Waals surface area (Å²) in [4.78, 5) is 0. The molecule has 2 rings (SSSR count). The fourth-order valence-corrected chi connectivity index (χ4v) is 3.64. The second-order valence-corrected chi connectivity index (χ2v) is 6.14. The van der Waals surface area contributed by atoms with Crippen LogP contribution in [0.5, 0.6) is 0 Å². The topological polar surface area (TPSA) is 0 Å². The maximum absolute atomic E-state index is 6.04. The highest BCUT2D eigenvalue weighted by atomic mass is 79.9. The van der Waals surface area contributed by atoms with Gasteiger partial charge in [0.1, 0.15) is 0 Å². The molecule has 0 amide bonds. The third-order valence-electron chi connectivity index (χ3n) is 3.51. The van der Waals surface area contributed by atoms with Crippen molar-refractivity contribution < 1.29 is 0 Å². The zero-order valence-corrected chi connectivity index (χ0v) is 12.2. The lowest BCUT2D eigenvalue weighted by Crippen LogP contribution is -2.21. The van der Waals surface area contributed by atoms with E-state index in [1.165, 1.54) is 31.2 Å². The summed E-state index contributed by atoms with van der Waals surface area (Å²) in [7, 11) is 0. The van der Waals surface area contributed by atoms with Gasteiger partial charge in [0.2, 0.25) is 0 Å². The van der Waals surface area contributed by atoms with Crippen LogP contribution in [0.1, 0.15) is 31.2 Å². The molecule has 0 radical (unpaired) electrons. The van der Waals surface area contributed by atoms with Crippen molar-refractivity contribution in [2.75, 3.05) is 5.33 Å². The van der Waals surface area contributed by atoms with Gasteiger partial charge in [-0.25, -0.2) is 0 Å². The molecule has 3 heteroatoms. The van der Waals surface area contributed by atoms with E-state index in [4.69, 9.17) is 23.2 Å². The molecular weight excluding hydrogens is 307 g/mol. The van der Waals surface area contributed by atoms with Gasteiger partial charge in [-0.15, -0.1) is 0 Å². The van der Waals surface area contributed by atoms with E-state index < -0.39 is 0 Å². The third kappa shape index (κ3) is 2.75. The molecule has 1 aliphatic rings. The molecule has 1 aliphatic carbocycles. The lowest BCUT2D eigenvalue weighted by Gasteiger charge is -2.26. The molecule has 1 fully saturated rings. The summed E-state index contributed by atoms with van der Waals surface area (Å²) >= 11 is 15.6. The van der Waals surface area contributed by atoms with E-state index in [9.17, 15) is 0 Å². The highest BCUT2D eigenvalue weighted by Gasteiger charge is 2.32. The molecule has 0 bridgehead atoms. The largest absolute Gasteiger partial charge is 0.0922 e. The zero-order valence-electron chi connectivity index (χ0n) is 9.11. The molecule has 0 unspecified atom stereocenters. The Bertz CT molecular complexity index is 370. The van der Waals surface area contributed by atoms with Crippen LogP contribution < -0.4 is 0 Å². The summed E-state index contributed by atoms with van der Waals surface area (Å²) < 4.78 is 0. The van der Waals surface area contributed by atoms with Crippen LogP contribution in [0.2, 0.25) is 10.0 Å². The molecule has 0 spiro atoms. The first-order valence-corrected chi connectivity index (χ1v) is 7.53. The normalized spacial score (nSPS) is 18.9. The average molecular weight is 322 g/mol. The Hall–Kier alpha value is 0.280. The minimum absolute atomic E-state index is 0.442. The minimum Gasteiger partial charge on any atom is -0.0922 e. The Morgan fingerprint density at radius 3 is 2.38 bits per heavy atom. The zero-order chi connectivity index (χ0) is 11.6. The Kier molecular flexibility index (Phi) is 4.21. The smallest absolute Gasteiger partial charge is 0.0595 e. The first-order chi connectivity index (χ1) is 7.65. The maximum atomic E-state index is 6.04. The Labute approximate surface area is 115 Å². The van der Waals surface area contributed by atoms with E-state index in [2.05, 4.69) is 22.0 Å². The van der Waals surface area contributed by atoms with E-state index in [-0.39, 0.29) is 0 Å². The van der Waals surface area contributed by atoms with Crippen LogP contribution >= 0.6 is 39.1 Å². The van der Waals surface area contributed by atoms with Gasteiger partial charge in [0, 0.05) is 5.33 Å². The number of halogens is 3. The summed E-state index contributed by atoms with van der Waals surface area (Å²) in [6.45, 7) is 0. The molecule has 0 N–H and O–H groups in total. The van der Waals surface area contributed by atoms with Gasteiger partial charge in [0.15, 0.2) is 0 Å². The van der Waals surface area contributed by atoms with Crippen molar-refractivity contribution in [3.63, 3.8) is 0 Å². The fourth-order valence-electron chi connectivity index (χ4n) is 2.57. The van der Waals surface area contributed by atoms with Gasteiger partial charge >= 0.3 is 0 Å². The molecule has 88 valence electrons. The Balaban J connectivity index is 2.16. The summed E-state index contributed by atoms with van der Waals surface area (Å²) in [5, 5.41) is 2.40. The van der Waals surface area contributed by atoms with Crippen LogP contribution in [0.3, 0.4) is 0 Å². The van der Waals surface area contributed by atoms with Gasteiger partial charge in [-0.05, 0) is 42.4 Å².